The minimum atomic E-state index is -4.14. The topological polar surface area (TPSA) is 65.6 Å². The van der Waals surface area contributed by atoms with E-state index in [1.807, 2.05) is 25.3 Å². The quantitative estimate of drug-likeness (QED) is 0.433. The summed E-state index contributed by atoms with van der Waals surface area (Å²) in [6.07, 6.45) is -0.562. The minimum absolute atomic E-state index is 0.110. The van der Waals surface area contributed by atoms with Crippen LogP contribution in [-0.2, 0) is 6.54 Å². The second-order valence-electron chi connectivity index (χ2n) is 10.2. The van der Waals surface area contributed by atoms with Gasteiger partial charge in [-0.15, -0.1) is 0 Å². The zero-order chi connectivity index (χ0) is 25.0. The first-order chi connectivity index (χ1) is 16.6. The van der Waals surface area contributed by atoms with Gasteiger partial charge in [-0.25, -0.2) is 4.79 Å². The molecule has 5 rings (SSSR count). The number of ether oxygens (including phenoxy) is 1. The molecule has 2 fully saturated rings. The lowest BCUT2D eigenvalue weighted by molar-refractivity contribution is -0.230. The number of benzene rings is 2. The fourth-order valence-electron chi connectivity index (χ4n) is 6.12. The fourth-order valence-corrected chi connectivity index (χ4v) is 6.12. The Labute approximate surface area is 201 Å². The van der Waals surface area contributed by atoms with Crippen LogP contribution >= 0.6 is 0 Å². The predicted molar refractivity (Wildman–Crippen MR) is 127 cm³/mol. The third-order valence-electron chi connectivity index (χ3n) is 8.05. The highest BCUT2D eigenvalue weighted by Gasteiger charge is 2.57. The van der Waals surface area contributed by atoms with E-state index in [1.165, 1.54) is 0 Å². The van der Waals surface area contributed by atoms with Crippen molar-refractivity contribution in [1.82, 2.24) is 9.88 Å². The molecular weight excluding hydrogens is 457 g/mol. The number of piperidine rings is 1. The number of alkyl halides is 3. The Bertz CT molecular complexity index is 1240. The van der Waals surface area contributed by atoms with E-state index in [0.29, 0.717) is 25.9 Å². The lowest BCUT2D eigenvalue weighted by atomic mass is 9.55. The molecule has 1 saturated heterocycles. The first kappa shape index (κ1) is 23.7. The van der Waals surface area contributed by atoms with E-state index in [4.69, 9.17) is 4.74 Å². The summed E-state index contributed by atoms with van der Waals surface area (Å²) in [5.41, 5.74) is 3.97. The number of hydrogen-bond acceptors (Lipinski definition) is 3. The first-order valence-electron chi connectivity index (χ1n) is 11.9. The van der Waals surface area contributed by atoms with Gasteiger partial charge in [0.05, 0.1) is 18.6 Å². The first-order valence-corrected chi connectivity index (χ1v) is 11.9. The van der Waals surface area contributed by atoms with E-state index in [2.05, 4.69) is 9.88 Å². The maximum atomic E-state index is 13.3. The Kier molecular flexibility index (Phi) is 5.82. The average molecular weight is 487 g/mol. The molecule has 2 aliphatic rings. The number of H-pyrrole nitrogens is 1. The molecule has 2 aromatic carbocycles. The summed E-state index contributed by atoms with van der Waals surface area (Å²) < 4.78 is 45.6. The van der Waals surface area contributed by atoms with Gasteiger partial charge in [0.15, 0.2) is 0 Å². The van der Waals surface area contributed by atoms with Crippen molar-refractivity contribution in [3.63, 3.8) is 0 Å². The number of carbonyl (C=O) groups is 1. The number of aryl methyl sites for hydroxylation is 1. The van der Waals surface area contributed by atoms with Gasteiger partial charge < -0.3 is 14.8 Å². The van der Waals surface area contributed by atoms with E-state index in [1.54, 1.807) is 31.4 Å². The SMILES string of the molecule is COc1cc(C)c2[nH]ccc2c1CN1CCC2(CC(C(F)(F)F)C2)C[C@@H]1c1ccc(C(=O)O)cc1. The summed E-state index contributed by atoms with van der Waals surface area (Å²) in [5.74, 6) is -1.43. The Morgan fingerprint density at radius 3 is 2.54 bits per heavy atom. The molecule has 0 unspecified atom stereocenters. The second kappa shape index (κ2) is 8.59. The third kappa shape index (κ3) is 4.29. The molecule has 5 nitrogen and oxygen atoms in total. The van der Waals surface area contributed by atoms with Crippen LogP contribution in [0.4, 0.5) is 13.2 Å². The predicted octanol–water partition coefficient (Wildman–Crippen LogP) is 6.48. The molecule has 1 spiro atoms. The van der Waals surface area contributed by atoms with Crippen LogP contribution in [0.1, 0.15) is 58.8 Å². The molecule has 186 valence electrons. The van der Waals surface area contributed by atoms with Crippen molar-refractivity contribution in [3.05, 3.63) is 64.8 Å². The van der Waals surface area contributed by atoms with Crippen LogP contribution in [0, 0.1) is 18.3 Å². The van der Waals surface area contributed by atoms with Crippen LogP contribution in [0.3, 0.4) is 0 Å². The Hall–Kier alpha value is -3.00. The van der Waals surface area contributed by atoms with Crippen LogP contribution in [0.15, 0.2) is 42.6 Å². The van der Waals surface area contributed by atoms with Crippen molar-refractivity contribution in [2.75, 3.05) is 13.7 Å². The zero-order valence-electron chi connectivity index (χ0n) is 19.8. The monoisotopic (exact) mass is 486 g/mol. The van der Waals surface area contributed by atoms with Gasteiger partial charge in [0.25, 0.3) is 0 Å². The van der Waals surface area contributed by atoms with Crippen molar-refractivity contribution >= 4 is 16.9 Å². The van der Waals surface area contributed by atoms with Crippen molar-refractivity contribution in [2.24, 2.45) is 11.3 Å². The van der Waals surface area contributed by atoms with Crippen molar-refractivity contribution in [2.45, 2.75) is 51.4 Å². The van der Waals surface area contributed by atoms with Crippen molar-refractivity contribution in [1.29, 1.82) is 0 Å². The Balaban J connectivity index is 1.48. The van der Waals surface area contributed by atoms with Gasteiger partial charge in [-0.3, -0.25) is 4.90 Å². The molecule has 1 aromatic heterocycles. The summed E-state index contributed by atoms with van der Waals surface area (Å²) in [7, 11) is 1.65. The molecule has 2 N–H and O–H groups in total. The average Bonchev–Trinajstić information content (AvgIpc) is 3.29. The smallest absolute Gasteiger partial charge is 0.391 e. The molecule has 0 bridgehead atoms. The lowest BCUT2D eigenvalue weighted by Crippen LogP contribution is -2.51. The summed E-state index contributed by atoms with van der Waals surface area (Å²) >= 11 is 0. The van der Waals surface area contributed by atoms with Gasteiger partial charge in [0.2, 0.25) is 0 Å². The van der Waals surface area contributed by atoms with Crippen LogP contribution in [-0.4, -0.2) is 40.8 Å². The van der Waals surface area contributed by atoms with Crippen LogP contribution in [0.5, 0.6) is 5.75 Å². The van der Waals surface area contributed by atoms with Gasteiger partial charge in [-0.05, 0) is 80.0 Å². The van der Waals surface area contributed by atoms with Gasteiger partial charge in [0.1, 0.15) is 5.75 Å². The number of methoxy groups -OCH3 is 1. The molecular formula is C27H29F3N2O3. The number of nitrogens with zero attached hydrogens (tertiary/aromatic N) is 1. The van der Waals surface area contributed by atoms with Gasteiger partial charge in [0, 0.05) is 35.2 Å². The standard InChI is InChI=1S/C27H29F3N2O3/c1-16-11-23(35-2)21(20-7-9-31-24(16)20)15-32-10-8-26(12-19(13-26)27(28,29)30)14-22(32)17-3-5-18(6-4-17)25(33)34/h3-7,9,11,19,22,31H,8,10,12-15H2,1-2H3,(H,33,34)/t19?,22-,26?/m1/s1. The molecule has 0 radical (unpaired) electrons. The van der Waals surface area contributed by atoms with Gasteiger partial charge >= 0.3 is 12.1 Å². The van der Waals surface area contributed by atoms with Crippen LogP contribution in [0.2, 0.25) is 0 Å². The number of fused-ring (bicyclic) bond motifs is 1. The van der Waals surface area contributed by atoms with Gasteiger partial charge in [-0.1, -0.05) is 12.1 Å². The zero-order valence-corrected chi connectivity index (χ0v) is 19.8. The molecule has 35 heavy (non-hydrogen) atoms. The molecule has 1 atom stereocenters. The van der Waals surface area contributed by atoms with E-state index in [-0.39, 0.29) is 29.9 Å². The number of aromatic amines is 1. The minimum Gasteiger partial charge on any atom is -0.496 e. The number of aromatic carboxylic acids is 1. The number of carboxylic acids is 1. The second-order valence-corrected chi connectivity index (χ2v) is 10.2. The van der Waals surface area contributed by atoms with Gasteiger partial charge in [-0.2, -0.15) is 13.2 Å². The van der Waals surface area contributed by atoms with E-state index < -0.39 is 18.1 Å². The Morgan fingerprint density at radius 2 is 1.91 bits per heavy atom. The molecule has 0 amide bonds. The summed E-state index contributed by atoms with van der Waals surface area (Å²) in [4.78, 5) is 16.9. The van der Waals surface area contributed by atoms with Crippen LogP contribution in [0.25, 0.3) is 10.9 Å². The molecule has 3 aromatic rings. The third-order valence-corrected chi connectivity index (χ3v) is 8.05. The molecule has 2 heterocycles. The largest absolute Gasteiger partial charge is 0.496 e. The number of rotatable bonds is 5. The Morgan fingerprint density at radius 1 is 1.20 bits per heavy atom. The molecule has 1 aliphatic carbocycles. The highest BCUT2D eigenvalue weighted by Crippen LogP contribution is 2.60. The molecule has 1 saturated carbocycles. The normalized spacial score (nSPS) is 25.1. The number of aromatic nitrogens is 1. The highest BCUT2D eigenvalue weighted by atomic mass is 19.4. The van der Waals surface area contributed by atoms with E-state index >= 15 is 0 Å². The van der Waals surface area contributed by atoms with Crippen LogP contribution < -0.4 is 4.74 Å². The molecule has 1 aliphatic heterocycles. The summed E-state index contributed by atoms with van der Waals surface area (Å²) in [6.45, 7) is 3.27. The number of carboxylic acid groups (broad SMARTS) is 1. The van der Waals surface area contributed by atoms with E-state index in [0.717, 1.165) is 33.3 Å². The summed E-state index contributed by atoms with van der Waals surface area (Å²) in [6, 6.07) is 10.7. The maximum Gasteiger partial charge on any atom is 0.391 e. The maximum absolute atomic E-state index is 13.3. The number of halogens is 3. The van der Waals surface area contributed by atoms with E-state index in [9.17, 15) is 23.1 Å². The lowest BCUT2D eigenvalue weighted by Gasteiger charge is -2.55. The van der Waals surface area contributed by atoms with Crippen molar-refractivity contribution in [3.8, 4) is 5.75 Å². The highest BCUT2D eigenvalue weighted by molar-refractivity contribution is 5.88. The fraction of sp³-hybridized carbons (Fsp3) is 0.444. The summed E-state index contributed by atoms with van der Waals surface area (Å²) in [5, 5.41) is 10.4. The van der Waals surface area contributed by atoms with Crippen molar-refractivity contribution < 1.29 is 27.8 Å². The number of hydrogen-bond donors (Lipinski definition) is 2. The number of nitrogens with one attached hydrogen (secondary N) is 1. The number of likely N-dealkylation sites (tertiary alicyclic amines) is 1. The molecule has 8 heteroatoms.